The minimum atomic E-state index is -0.314. The fourth-order valence-electron chi connectivity index (χ4n) is 2.31. The summed E-state index contributed by atoms with van der Waals surface area (Å²) in [6, 6.07) is 6.83. The Hall–Kier alpha value is -1.88. The topological polar surface area (TPSA) is 58.6 Å². The van der Waals surface area contributed by atoms with E-state index < -0.39 is 0 Å². The standard InChI is InChI=1S/C19H30N2O3/c1-4-7-8-15-24-19(23)16-9-11-17(12-10-16)20-18(22)13-14-21(5-2)6-3/h9-12H,4-8,13-15H2,1-3H3,(H,20,22). The molecule has 0 aliphatic heterocycles. The average molecular weight is 334 g/mol. The molecule has 0 atom stereocenters. The normalized spacial score (nSPS) is 10.7. The Balaban J connectivity index is 2.40. The Morgan fingerprint density at radius 1 is 1.04 bits per heavy atom. The molecule has 0 radical (unpaired) electrons. The number of rotatable bonds is 11. The van der Waals surface area contributed by atoms with Crippen LogP contribution in [0.15, 0.2) is 24.3 Å². The van der Waals surface area contributed by atoms with Gasteiger partial charge in [-0.15, -0.1) is 0 Å². The van der Waals surface area contributed by atoms with Gasteiger partial charge in [0.25, 0.3) is 0 Å². The largest absolute Gasteiger partial charge is 0.462 e. The van der Waals surface area contributed by atoms with E-state index in [-0.39, 0.29) is 11.9 Å². The highest BCUT2D eigenvalue weighted by atomic mass is 16.5. The van der Waals surface area contributed by atoms with Crippen molar-refractivity contribution < 1.29 is 14.3 Å². The molecule has 1 aromatic carbocycles. The van der Waals surface area contributed by atoms with Crippen LogP contribution in [-0.2, 0) is 9.53 Å². The van der Waals surface area contributed by atoms with Crippen molar-refractivity contribution in [3.63, 3.8) is 0 Å². The smallest absolute Gasteiger partial charge is 0.338 e. The van der Waals surface area contributed by atoms with Crippen LogP contribution in [0.25, 0.3) is 0 Å². The third-order valence-electron chi connectivity index (χ3n) is 3.93. The first-order chi connectivity index (χ1) is 11.6. The van der Waals surface area contributed by atoms with Crippen molar-refractivity contribution >= 4 is 17.6 Å². The highest BCUT2D eigenvalue weighted by Crippen LogP contribution is 2.11. The lowest BCUT2D eigenvalue weighted by Gasteiger charge is -2.17. The molecule has 24 heavy (non-hydrogen) atoms. The summed E-state index contributed by atoms with van der Waals surface area (Å²) in [5, 5.41) is 2.85. The minimum absolute atomic E-state index is 0.0169. The van der Waals surface area contributed by atoms with E-state index in [0.717, 1.165) is 38.9 Å². The summed E-state index contributed by atoms with van der Waals surface area (Å²) < 4.78 is 5.21. The first kappa shape index (κ1) is 20.2. The number of esters is 1. The van der Waals surface area contributed by atoms with Gasteiger partial charge < -0.3 is 15.0 Å². The van der Waals surface area contributed by atoms with E-state index >= 15 is 0 Å². The number of hydrogen-bond donors (Lipinski definition) is 1. The van der Waals surface area contributed by atoms with Crippen molar-refractivity contribution in [3.05, 3.63) is 29.8 Å². The van der Waals surface area contributed by atoms with Gasteiger partial charge in [0.1, 0.15) is 0 Å². The van der Waals surface area contributed by atoms with Crippen LogP contribution >= 0.6 is 0 Å². The van der Waals surface area contributed by atoms with Crippen LogP contribution in [0.5, 0.6) is 0 Å². The number of nitrogens with zero attached hydrogens (tertiary/aromatic N) is 1. The van der Waals surface area contributed by atoms with Gasteiger partial charge in [0.15, 0.2) is 0 Å². The predicted octanol–water partition coefficient (Wildman–Crippen LogP) is 3.70. The molecule has 0 unspecified atom stereocenters. The summed E-state index contributed by atoms with van der Waals surface area (Å²) in [7, 11) is 0. The van der Waals surface area contributed by atoms with Crippen molar-refractivity contribution in [2.45, 2.75) is 46.5 Å². The third-order valence-corrected chi connectivity index (χ3v) is 3.93. The van der Waals surface area contributed by atoms with Gasteiger partial charge in [-0.25, -0.2) is 4.79 Å². The van der Waals surface area contributed by atoms with E-state index in [1.54, 1.807) is 24.3 Å². The molecule has 1 rings (SSSR count). The van der Waals surface area contributed by atoms with E-state index in [4.69, 9.17) is 4.74 Å². The summed E-state index contributed by atoms with van der Waals surface area (Å²) in [4.78, 5) is 26.0. The van der Waals surface area contributed by atoms with Crippen LogP contribution in [0, 0.1) is 0 Å². The summed E-state index contributed by atoms with van der Waals surface area (Å²) in [5.74, 6) is -0.331. The second-order valence-electron chi connectivity index (χ2n) is 5.75. The summed E-state index contributed by atoms with van der Waals surface area (Å²) in [6.45, 7) is 9.37. The average Bonchev–Trinajstić information content (AvgIpc) is 2.60. The number of carbonyl (C=O) groups is 2. The molecule has 0 aromatic heterocycles. The van der Waals surface area contributed by atoms with Crippen molar-refractivity contribution in [2.75, 3.05) is 31.6 Å². The van der Waals surface area contributed by atoms with Crippen molar-refractivity contribution in [2.24, 2.45) is 0 Å². The van der Waals surface area contributed by atoms with Gasteiger partial charge in [0.05, 0.1) is 12.2 Å². The zero-order valence-electron chi connectivity index (χ0n) is 15.1. The van der Waals surface area contributed by atoms with Crippen molar-refractivity contribution in [1.29, 1.82) is 0 Å². The van der Waals surface area contributed by atoms with E-state index in [1.165, 1.54) is 0 Å². The Labute approximate surface area is 145 Å². The molecule has 1 N–H and O–H groups in total. The van der Waals surface area contributed by atoms with Crippen LogP contribution in [-0.4, -0.2) is 43.0 Å². The van der Waals surface area contributed by atoms with E-state index in [2.05, 4.69) is 31.0 Å². The maximum absolute atomic E-state index is 11.9. The highest BCUT2D eigenvalue weighted by molar-refractivity contribution is 5.93. The molecule has 1 amide bonds. The Kier molecular flexibility index (Phi) is 9.77. The van der Waals surface area contributed by atoms with E-state index in [1.807, 2.05) is 0 Å². The van der Waals surface area contributed by atoms with E-state index in [0.29, 0.717) is 24.3 Å². The quantitative estimate of drug-likeness (QED) is 0.495. The fourth-order valence-corrected chi connectivity index (χ4v) is 2.31. The number of nitrogens with one attached hydrogen (secondary N) is 1. The van der Waals surface area contributed by atoms with Gasteiger partial charge in [0, 0.05) is 18.7 Å². The first-order valence-corrected chi connectivity index (χ1v) is 8.90. The van der Waals surface area contributed by atoms with Crippen LogP contribution in [0.3, 0.4) is 0 Å². The minimum Gasteiger partial charge on any atom is -0.462 e. The molecule has 0 spiro atoms. The monoisotopic (exact) mass is 334 g/mol. The Bertz CT molecular complexity index is 496. The summed E-state index contributed by atoms with van der Waals surface area (Å²) in [5.41, 5.74) is 1.20. The fraction of sp³-hybridized carbons (Fsp3) is 0.579. The Morgan fingerprint density at radius 2 is 1.71 bits per heavy atom. The molecule has 1 aromatic rings. The molecule has 134 valence electrons. The third kappa shape index (κ3) is 7.59. The number of ether oxygens (including phenoxy) is 1. The van der Waals surface area contributed by atoms with Crippen LogP contribution in [0.1, 0.15) is 56.8 Å². The highest BCUT2D eigenvalue weighted by Gasteiger charge is 2.09. The molecule has 0 heterocycles. The summed E-state index contributed by atoms with van der Waals surface area (Å²) in [6.07, 6.45) is 3.51. The van der Waals surface area contributed by atoms with Gasteiger partial charge in [-0.3, -0.25) is 4.79 Å². The zero-order valence-corrected chi connectivity index (χ0v) is 15.1. The number of carbonyl (C=O) groups excluding carboxylic acids is 2. The Morgan fingerprint density at radius 3 is 2.29 bits per heavy atom. The molecular formula is C19H30N2O3. The maximum Gasteiger partial charge on any atom is 0.338 e. The molecule has 0 aliphatic rings. The SMILES string of the molecule is CCCCCOC(=O)c1ccc(NC(=O)CCN(CC)CC)cc1. The second-order valence-corrected chi connectivity index (χ2v) is 5.75. The van der Waals surface area contributed by atoms with Gasteiger partial charge in [0.2, 0.25) is 5.91 Å². The summed E-state index contributed by atoms with van der Waals surface area (Å²) >= 11 is 0. The van der Waals surface area contributed by atoms with Crippen LogP contribution < -0.4 is 5.32 Å². The van der Waals surface area contributed by atoms with Crippen molar-refractivity contribution in [3.8, 4) is 0 Å². The van der Waals surface area contributed by atoms with E-state index in [9.17, 15) is 9.59 Å². The lowest BCUT2D eigenvalue weighted by Crippen LogP contribution is -2.27. The molecule has 0 saturated heterocycles. The molecule has 0 aliphatic carbocycles. The lowest BCUT2D eigenvalue weighted by atomic mass is 10.2. The predicted molar refractivity (Wildman–Crippen MR) is 97.3 cm³/mol. The van der Waals surface area contributed by atoms with Gasteiger partial charge in [-0.2, -0.15) is 0 Å². The van der Waals surface area contributed by atoms with Gasteiger partial charge in [-0.05, 0) is 43.8 Å². The molecule has 0 bridgehead atoms. The second kappa shape index (κ2) is 11.6. The van der Waals surface area contributed by atoms with Crippen molar-refractivity contribution in [1.82, 2.24) is 4.90 Å². The lowest BCUT2D eigenvalue weighted by molar-refractivity contribution is -0.116. The number of amides is 1. The number of hydrogen-bond acceptors (Lipinski definition) is 4. The van der Waals surface area contributed by atoms with Gasteiger partial charge >= 0.3 is 5.97 Å². The first-order valence-electron chi connectivity index (χ1n) is 8.90. The number of unbranched alkanes of at least 4 members (excludes halogenated alkanes) is 2. The molecular weight excluding hydrogens is 304 g/mol. The molecule has 0 saturated carbocycles. The maximum atomic E-state index is 11.9. The molecule has 0 fully saturated rings. The molecule has 5 nitrogen and oxygen atoms in total. The molecule has 5 heteroatoms. The number of benzene rings is 1. The zero-order chi connectivity index (χ0) is 17.8. The van der Waals surface area contributed by atoms with Crippen LogP contribution in [0.2, 0.25) is 0 Å². The number of anilines is 1. The van der Waals surface area contributed by atoms with Crippen LogP contribution in [0.4, 0.5) is 5.69 Å². The van der Waals surface area contributed by atoms with Gasteiger partial charge in [-0.1, -0.05) is 33.6 Å².